The third-order valence-electron chi connectivity index (χ3n) is 4.45. The van der Waals surface area contributed by atoms with Crippen LogP contribution >= 0.6 is 0 Å². The molecule has 0 aliphatic rings. The van der Waals surface area contributed by atoms with E-state index in [1.54, 1.807) is 42.6 Å². The van der Waals surface area contributed by atoms with Crippen LogP contribution in [-0.2, 0) is 6.61 Å². The molecule has 2 amide bonds. The van der Waals surface area contributed by atoms with Crippen LogP contribution in [0.5, 0.6) is 5.75 Å². The molecule has 0 radical (unpaired) electrons. The van der Waals surface area contributed by atoms with Crippen molar-refractivity contribution in [3.05, 3.63) is 95.7 Å². The molecule has 0 fully saturated rings. The molecule has 0 spiro atoms. The van der Waals surface area contributed by atoms with Crippen molar-refractivity contribution in [1.82, 2.24) is 25.2 Å². The zero-order valence-electron chi connectivity index (χ0n) is 16.2. The summed E-state index contributed by atoms with van der Waals surface area (Å²) >= 11 is 0. The fourth-order valence-corrected chi connectivity index (χ4v) is 2.96. The number of pyridine rings is 2. The third kappa shape index (κ3) is 4.12. The first-order valence-electron chi connectivity index (χ1n) is 9.27. The molecular weight excluding hydrogens is 382 g/mol. The van der Waals surface area contributed by atoms with Gasteiger partial charge < -0.3 is 9.14 Å². The fourth-order valence-electron chi connectivity index (χ4n) is 2.96. The molecule has 4 aromatic rings. The maximum atomic E-state index is 12.6. The van der Waals surface area contributed by atoms with Crippen molar-refractivity contribution in [3.63, 3.8) is 0 Å². The third-order valence-corrected chi connectivity index (χ3v) is 4.45. The van der Waals surface area contributed by atoms with Crippen molar-refractivity contribution in [3.8, 4) is 5.75 Å². The molecule has 0 atom stereocenters. The van der Waals surface area contributed by atoms with Crippen molar-refractivity contribution >= 4 is 17.5 Å². The Kier molecular flexibility index (Phi) is 5.38. The number of para-hydroxylation sites is 1. The number of amides is 2. The molecule has 3 heterocycles. The number of aryl methyl sites for hydroxylation is 1. The SMILES string of the molecule is Cc1cccn2cc(COc3ccccc3C(=O)NNC(=O)c3cccnc3)nc12. The van der Waals surface area contributed by atoms with Crippen LogP contribution in [0.15, 0.2) is 73.3 Å². The average molecular weight is 401 g/mol. The lowest BCUT2D eigenvalue weighted by Crippen LogP contribution is -2.41. The summed E-state index contributed by atoms with van der Waals surface area (Å²) in [6.45, 7) is 2.19. The lowest BCUT2D eigenvalue weighted by atomic mass is 10.2. The number of hydrazine groups is 1. The standard InChI is InChI=1S/C22H19N5O3/c1-15-6-5-11-27-13-17(24-20(15)27)14-30-19-9-3-2-8-18(19)22(29)26-25-21(28)16-7-4-10-23-12-16/h2-13H,14H2,1H3,(H,25,28)(H,26,29). The quantitative estimate of drug-likeness (QED) is 0.501. The van der Waals surface area contributed by atoms with E-state index in [9.17, 15) is 9.59 Å². The molecule has 8 heteroatoms. The highest BCUT2D eigenvalue weighted by Crippen LogP contribution is 2.19. The van der Waals surface area contributed by atoms with Crippen LogP contribution in [0.3, 0.4) is 0 Å². The second-order valence-electron chi connectivity index (χ2n) is 6.59. The Balaban J connectivity index is 1.43. The highest BCUT2D eigenvalue weighted by Gasteiger charge is 2.14. The van der Waals surface area contributed by atoms with Gasteiger partial charge in [-0.25, -0.2) is 4.98 Å². The van der Waals surface area contributed by atoms with Gasteiger partial charge in [0, 0.05) is 24.8 Å². The molecule has 0 aliphatic heterocycles. The minimum atomic E-state index is -0.492. The topological polar surface area (TPSA) is 97.6 Å². The molecule has 2 N–H and O–H groups in total. The predicted molar refractivity (Wildman–Crippen MR) is 110 cm³/mol. The number of ether oxygens (including phenoxy) is 1. The number of fused-ring (bicyclic) bond motifs is 1. The predicted octanol–water partition coefficient (Wildman–Crippen LogP) is 2.69. The fraction of sp³-hybridized carbons (Fsp3) is 0.0909. The summed E-state index contributed by atoms with van der Waals surface area (Å²) in [4.78, 5) is 33.1. The summed E-state index contributed by atoms with van der Waals surface area (Å²) in [6.07, 6.45) is 6.78. The molecule has 0 bridgehead atoms. The number of hydrogen-bond acceptors (Lipinski definition) is 5. The molecule has 0 aliphatic carbocycles. The van der Waals surface area contributed by atoms with E-state index in [1.165, 1.54) is 6.20 Å². The Bertz CT molecular complexity index is 1200. The Hall–Kier alpha value is -4.20. The Morgan fingerprint density at radius 1 is 1.03 bits per heavy atom. The molecule has 0 saturated heterocycles. The molecule has 30 heavy (non-hydrogen) atoms. The van der Waals surface area contributed by atoms with Crippen molar-refractivity contribution in [2.24, 2.45) is 0 Å². The second kappa shape index (κ2) is 8.44. The number of imidazole rings is 1. The summed E-state index contributed by atoms with van der Waals surface area (Å²) in [5.41, 5.74) is 8.07. The van der Waals surface area contributed by atoms with E-state index in [1.807, 2.05) is 35.9 Å². The molecule has 8 nitrogen and oxygen atoms in total. The van der Waals surface area contributed by atoms with Gasteiger partial charge in [0.1, 0.15) is 18.0 Å². The summed E-state index contributed by atoms with van der Waals surface area (Å²) in [6, 6.07) is 14.0. The van der Waals surface area contributed by atoms with Crippen LogP contribution in [0.2, 0.25) is 0 Å². The van der Waals surface area contributed by atoms with Crippen molar-refractivity contribution in [1.29, 1.82) is 0 Å². The monoisotopic (exact) mass is 401 g/mol. The zero-order valence-corrected chi connectivity index (χ0v) is 16.2. The van der Waals surface area contributed by atoms with Crippen LogP contribution in [-0.4, -0.2) is 26.2 Å². The molecule has 1 aromatic carbocycles. The van der Waals surface area contributed by atoms with Gasteiger partial charge in [0.15, 0.2) is 0 Å². The van der Waals surface area contributed by atoms with Crippen molar-refractivity contribution in [2.75, 3.05) is 0 Å². The lowest BCUT2D eigenvalue weighted by molar-refractivity contribution is 0.0844. The van der Waals surface area contributed by atoms with Crippen molar-refractivity contribution < 1.29 is 14.3 Å². The molecule has 3 aromatic heterocycles. The van der Waals surface area contributed by atoms with E-state index in [-0.39, 0.29) is 6.61 Å². The number of aromatic nitrogens is 3. The van der Waals surface area contributed by atoms with Crippen LogP contribution in [0.1, 0.15) is 32.0 Å². The van der Waals surface area contributed by atoms with Gasteiger partial charge in [-0.1, -0.05) is 18.2 Å². The largest absolute Gasteiger partial charge is 0.486 e. The first kappa shape index (κ1) is 19.1. The normalized spacial score (nSPS) is 10.6. The highest BCUT2D eigenvalue weighted by atomic mass is 16.5. The Morgan fingerprint density at radius 3 is 2.67 bits per heavy atom. The summed E-state index contributed by atoms with van der Waals surface area (Å²) in [5, 5.41) is 0. The number of nitrogens with one attached hydrogen (secondary N) is 2. The molecular formula is C22H19N5O3. The van der Waals surface area contributed by atoms with Gasteiger partial charge in [0.25, 0.3) is 11.8 Å². The first-order valence-corrected chi connectivity index (χ1v) is 9.27. The Labute approximate surface area is 172 Å². The highest BCUT2D eigenvalue weighted by molar-refractivity contribution is 6.00. The van der Waals surface area contributed by atoms with Crippen LogP contribution in [0.4, 0.5) is 0 Å². The maximum absolute atomic E-state index is 12.6. The molecule has 0 unspecified atom stereocenters. The van der Waals surface area contributed by atoms with E-state index >= 15 is 0 Å². The van der Waals surface area contributed by atoms with E-state index < -0.39 is 11.8 Å². The summed E-state index contributed by atoms with van der Waals surface area (Å²) < 4.78 is 7.78. The van der Waals surface area contributed by atoms with Gasteiger partial charge in [-0.05, 0) is 42.8 Å². The summed E-state index contributed by atoms with van der Waals surface area (Å²) in [5.74, 6) is -0.567. The van der Waals surface area contributed by atoms with E-state index in [0.29, 0.717) is 16.9 Å². The maximum Gasteiger partial charge on any atom is 0.273 e. The number of nitrogens with zero attached hydrogens (tertiary/aromatic N) is 3. The van der Waals surface area contributed by atoms with E-state index in [2.05, 4.69) is 20.8 Å². The summed E-state index contributed by atoms with van der Waals surface area (Å²) in [7, 11) is 0. The van der Waals surface area contributed by atoms with Gasteiger partial charge in [-0.2, -0.15) is 0 Å². The van der Waals surface area contributed by atoms with Crippen LogP contribution < -0.4 is 15.6 Å². The smallest absolute Gasteiger partial charge is 0.273 e. The lowest BCUT2D eigenvalue weighted by Gasteiger charge is -2.11. The number of hydrogen-bond donors (Lipinski definition) is 2. The number of benzene rings is 1. The average Bonchev–Trinajstić information content (AvgIpc) is 3.21. The number of rotatable bonds is 5. The van der Waals surface area contributed by atoms with Gasteiger partial charge in [-0.15, -0.1) is 0 Å². The molecule has 0 saturated carbocycles. The van der Waals surface area contributed by atoms with Gasteiger partial charge in [0.05, 0.1) is 16.8 Å². The minimum Gasteiger partial charge on any atom is -0.486 e. The molecule has 150 valence electrons. The van der Waals surface area contributed by atoms with Gasteiger partial charge in [-0.3, -0.25) is 25.4 Å². The van der Waals surface area contributed by atoms with Crippen LogP contribution in [0, 0.1) is 6.92 Å². The second-order valence-corrected chi connectivity index (χ2v) is 6.59. The van der Waals surface area contributed by atoms with Crippen LogP contribution in [0.25, 0.3) is 5.65 Å². The van der Waals surface area contributed by atoms with Gasteiger partial charge in [0.2, 0.25) is 0 Å². The zero-order chi connectivity index (χ0) is 20.9. The van der Waals surface area contributed by atoms with Crippen molar-refractivity contribution in [2.45, 2.75) is 13.5 Å². The molecule has 4 rings (SSSR count). The number of carbonyl (C=O) groups is 2. The Morgan fingerprint density at radius 2 is 1.87 bits per heavy atom. The van der Waals surface area contributed by atoms with Gasteiger partial charge >= 0.3 is 0 Å². The van der Waals surface area contributed by atoms with E-state index in [0.717, 1.165) is 16.9 Å². The number of carbonyl (C=O) groups excluding carboxylic acids is 2. The minimum absolute atomic E-state index is 0.202. The first-order chi connectivity index (χ1) is 14.6. The van der Waals surface area contributed by atoms with E-state index in [4.69, 9.17) is 4.74 Å².